The Kier molecular flexibility index (Phi) is 3.77. The van der Waals surface area contributed by atoms with Crippen LogP contribution in [0.1, 0.15) is 12.8 Å². The monoisotopic (exact) mass is 309 g/mol. The number of piperidine rings is 1. The van der Waals surface area contributed by atoms with Gasteiger partial charge in [0.15, 0.2) is 0 Å². The summed E-state index contributed by atoms with van der Waals surface area (Å²) < 4.78 is 0. The molecule has 4 N–H and O–H groups in total. The Morgan fingerprint density at radius 2 is 2.22 bits per heavy atom. The van der Waals surface area contributed by atoms with Crippen LogP contribution in [-0.4, -0.2) is 39.1 Å². The third-order valence-corrected chi connectivity index (χ3v) is 3.97. The molecule has 1 atom stereocenters. The van der Waals surface area contributed by atoms with Crippen LogP contribution in [0.4, 0.5) is 17.5 Å². The first-order valence-electron chi connectivity index (χ1n) is 7.88. The Labute approximate surface area is 134 Å². The predicted octanol–water partition coefficient (Wildman–Crippen LogP) is 2.26. The molecule has 0 aromatic carbocycles. The number of fused-ring (bicyclic) bond motifs is 1. The van der Waals surface area contributed by atoms with Crippen LogP contribution >= 0.6 is 0 Å². The van der Waals surface area contributed by atoms with E-state index in [0.29, 0.717) is 12.0 Å². The predicted molar refractivity (Wildman–Crippen MR) is 90.9 cm³/mol. The standard InChI is InChI=1S/C16H19N7/c1-3-11(9-17-6-1)20-15-13-5-8-19-14(13)22-16(23-15)21-12-4-2-7-18-10-12/h2,4-5,7-8,10-11,17H,1,3,6,9H2,(H3,19,20,21,22,23)/t11-/m1/s1. The number of H-pyrrole nitrogens is 1. The molecule has 23 heavy (non-hydrogen) atoms. The first-order valence-corrected chi connectivity index (χ1v) is 7.88. The zero-order valence-corrected chi connectivity index (χ0v) is 12.7. The third-order valence-electron chi connectivity index (χ3n) is 3.97. The molecule has 3 aromatic rings. The number of nitrogens with zero attached hydrogens (tertiary/aromatic N) is 3. The molecule has 7 nitrogen and oxygen atoms in total. The van der Waals surface area contributed by atoms with E-state index >= 15 is 0 Å². The molecule has 0 amide bonds. The Balaban J connectivity index is 1.64. The summed E-state index contributed by atoms with van der Waals surface area (Å²) in [5, 5.41) is 11.2. The molecule has 1 aliphatic heterocycles. The van der Waals surface area contributed by atoms with Gasteiger partial charge in [0.05, 0.1) is 17.3 Å². The number of aromatic nitrogens is 4. The van der Waals surface area contributed by atoms with Crippen molar-refractivity contribution in [3.05, 3.63) is 36.8 Å². The van der Waals surface area contributed by atoms with Gasteiger partial charge in [0, 0.05) is 25.0 Å². The highest BCUT2D eigenvalue weighted by atomic mass is 15.2. The topological polar surface area (TPSA) is 90.5 Å². The van der Waals surface area contributed by atoms with E-state index in [4.69, 9.17) is 0 Å². The van der Waals surface area contributed by atoms with Crippen molar-refractivity contribution in [3.63, 3.8) is 0 Å². The van der Waals surface area contributed by atoms with Gasteiger partial charge in [0.25, 0.3) is 0 Å². The number of hydrogen-bond donors (Lipinski definition) is 4. The minimum Gasteiger partial charge on any atom is -0.365 e. The van der Waals surface area contributed by atoms with Gasteiger partial charge in [-0.15, -0.1) is 0 Å². The van der Waals surface area contributed by atoms with Crippen LogP contribution in [0.5, 0.6) is 0 Å². The van der Waals surface area contributed by atoms with Gasteiger partial charge in [-0.25, -0.2) is 0 Å². The number of nitrogens with one attached hydrogen (secondary N) is 4. The fourth-order valence-electron chi connectivity index (χ4n) is 2.84. The summed E-state index contributed by atoms with van der Waals surface area (Å²) >= 11 is 0. The minimum absolute atomic E-state index is 0.392. The molecule has 0 saturated carbocycles. The maximum atomic E-state index is 4.65. The van der Waals surface area contributed by atoms with Crippen LogP contribution in [0, 0.1) is 0 Å². The van der Waals surface area contributed by atoms with E-state index in [9.17, 15) is 0 Å². The maximum absolute atomic E-state index is 4.65. The van der Waals surface area contributed by atoms with Crippen molar-refractivity contribution in [2.24, 2.45) is 0 Å². The Morgan fingerprint density at radius 3 is 3.04 bits per heavy atom. The fraction of sp³-hybridized carbons (Fsp3) is 0.312. The Morgan fingerprint density at radius 1 is 1.22 bits per heavy atom. The first-order chi connectivity index (χ1) is 11.4. The van der Waals surface area contributed by atoms with Crippen LogP contribution in [-0.2, 0) is 0 Å². The molecule has 118 valence electrons. The molecule has 0 unspecified atom stereocenters. The third kappa shape index (κ3) is 3.09. The number of anilines is 3. The second kappa shape index (κ2) is 6.21. The molecule has 0 radical (unpaired) electrons. The van der Waals surface area contributed by atoms with Gasteiger partial charge in [-0.3, -0.25) is 4.98 Å². The van der Waals surface area contributed by atoms with Crippen molar-refractivity contribution < 1.29 is 0 Å². The van der Waals surface area contributed by atoms with Crippen LogP contribution in [0.2, 0.25) is 0 Å². The molecule has 4 rings (SSSR count). The molecule has 4 heterocycles. The molecule has 1 fully saturated rings. The minimum atomic E-state index is 0.392. The van der Waals surface area contributed by atoms with E-state index in [1.54, 1.807) is 12.4 Å². The smallest absolute Gasteiger partial charge is 0.231 e. The number of aromatic amines is 1. The summed E-state index contributed by atoms with van der Waals surface area (Å²) in [6.45, 7) is 2.05. The van der Waals surface area contributed by atoms with Crippen LogP contribution in [0.3, 0.4) is 0 Å². The molecule has 0 bridgehead atoms. The highest BCUT2D eigenvalue weighted by molar-refractivity contribution is 5.88. The summed E-state index contributed by atoms with van der Waals surface area (Å²) in [5.74, 6) is 1.41. The Hall–Kier alpha value is -2.67. The van der Waals surface area contributed by atoms with Gasteiger partial charge in [-0.2, -0.15) is 9.97 Å². The summed E-state index contributed by atoms with van der Waals surface area (Å²) in [7, 11) is 0. The van der Waals surface area contributed by atoms with Crippen LogP contribution < -0.4 is 16.0 Å². The molecule has 7 heteroatoms. The summed E-state index contributed by atoms with van der Waals surface area (Å²) in [5.41, 5.74) is 1.68. The summed E-state index contributed by atoms with van der Waals surface area (Å²) in [6, 6.07) is 6.21. The van der Waals surface area contributed by atoms with Gasteiger partial charge in [0.2, 0.25) is 5.95 Å². The van der Waals surface area contributed by atoms with Crippen LogP contribution in [0.25, 0.3) is 11.0 Å². The van der Waals surface area contributed by atoms with E-state index in [2.05, 4.69) is 35.9 Å². The van der Waals surface area contributed by atoms with E-state index in [-0.39, 0.29) is 0 Å². The average Bonchev–Trinajstić information content (AvgIpc) is 3.05. The van der Waals surface area contributed by atoms with Crippen molar-refractivity contribution in [3.8, 4) is 0 Å². The largest absolute Gasteiger partial charge is 0.365 e. The van der Waals surface area contributed by atoms with Gasteiger partial charge in [-0.1, -0.05) is 0 Å². The second-order valence-electron chi connectivity index (χ2n) is 5.69. The zero-order chi connectivity index (χ0) is 15.5. The lowest BCUT2D eigenvalue weighted by Crippen LogP contribution is -2.38. The highest BCUT2D eigenvalue weighted by Crippen LogP contribution is 2.24. The number of hydrogen-bond acceptors (Lipinski definition) is 6. The van der Waals surface area contributed by atoms with Crippen molar-refractivity contribution >= 4 is 28.5 Å². The summed E-state index contributed by atoms with van der Waals surface area (Å²) in [4.78, 5) is 16.4. The lowest BCUT2D eigenvalue weighted by molar-refractivity contribution is 0.479. The van der Waals surface area contributed by atoms with Crippen molar-refractivity contribution in [1.82, 2.24) is 25.3 Å². The SMILES string of the molecule is c1cncc(Nc2nc(N[C@@H]3CCCNC3)c3cc[nH]c3n2)c1. The lowest BCUT2D eigenvalue weighted by atomic mass is 10.1. The zero-order valence-electron chi connectivity index (χ0n) is 12.7. The van der Waals surface area contributed by atoms with E-state index in [1.807, 2.05) is 24.4 Å². The lowest BCUT2D eigenvalue weighted by Gasteiger charge is -2.24. The molecule has 0 aliphatic carbocycles. The highest BCUT2D eigenvalue weighted by Gasteiger charge is 2.16. The molecular weight excluding hydrogens is 290 g/mol. The van der Waals surface area contributed by atoms with Gasteiger partial charge < -0.3 is 20.9 Å². The molecule has 1 saturated heterocycles. The first kappa shape index (κ1) is 14.0. The molecule has 1 aliphatic rings. The van der Waals surface area contributed by atoms with Gasteiger partial charge in [0.1, 0.15) is 11.5 Å². The van der Waals surface area contributed by atoms with Gasteiger partial charge >= 0.3 is 0 Å². The van der Waals surface area contributed by atoms with Crippen molar-refractivity contribution in [2.75, 3.05) is 23.7 Å². The quantitative estimate of drug-likeness (QED) is 0.591. The number of pyridine rings is 1. The van der Waals surface area contributed by atoms with E-state index in [1.165, 1.54) is 6.42 Å². The molecule has 3 aromatic heterocycles. The Bertz CT molecular complexity index is 777. The van der Waals surface area contributed by atoms with Crippen molar-refractivity contribution in [2.45, 2.75) is 18.9 Å². The maximum Gasteiger partial charge on any atom is 0.231 e. The van der Waals surface area contributed by atoms with Crippen molar-refractivity contribution in [1.29, 1.82) is 0 Å². The number of rotatable bonds is 4. The summed E-state index contributed by atoms with van der Waals surface area (Å²) in [6.07, 6.45) is 7.70. The van der Waals surface area contributed by atoms with Crippen LogP contribution in [0.15, 0.2) is 36.8 Å². The second-order valence-corrected chi connectivity index (χ2v) is 5.69. The van der Waals surface area contributed by atoms with Gasteiger partial charge in [-0.05, 0) is 37.6 Å². The molecule has 0 spiro atoms. The van der Waals surface area contributed by atoms with E-state index in [0.717, 1.165) is 42.0 Å². The van der Waals surface area contributed by atoms with E-state index < -0.39 is 0 Å². The average molecular weight is 309 g/mol. The molecular formula is C16H19N7. The normalized spacial score (nSPS) is 18.0. The fourth-order valence-corrected chi connectivity index (χ4v) is 2.84.